The van der Waals surface area contributed by atoms with Crippen molar-refractivity contribution in [2.45, 2.75) is 61.7 Å². The molecular weight excluding hydrogens is 316 g/mol. The molecule has 10 nitrogen and oxygen atoms in total. The van der Waals surface area contributed by atoms with Gasteiger partial charge in [0.05, 0.1) is 19.3 Å². The fraction of sp³-hybridized carbons (Fsp3) is 1.00. The molecule has 0 aromatic carbocycles. The van der Waals surface area contributed by atoms with Crippen LogP contribution in [0.25, 0.3) is 0 Å². The molecule has 0 unspecified atom stereocenters. The number of rotatable bonds is 5. The van der Waals surface area contributed by atoms with Crippen LogP contribution in [-0.2, 0) is 18.9 Å². The van der Waals surface area contributed by atoms with E-state index in [2.05, 4.69) is 0 Å². The minimum Gasteiger partial charge on any atom is -0.394 e. The van der Waals surface area contributed by atoms with E-state index in [0.717, 1.165) is 0 Å². The lowest BCUT2D eigenvalue weighted by molar-refractivity contribution is -0.339. The van der Waals surface area contributed by atoms with Crippen molar-refractivity contribution >= 4 is 0 Å². The lowest BCUT2D eigenvalue weighted by Crippen LogP contribution is -2.61. The third kappa shape index (κ3) is 3.99. The van der Waals surface area contributed by atoms with E-state index in [9.17, 15) is 25.5 Å². The van der Waals surface area contributed by atoms with E-state index in [-0.39, 0.29) is 6.42 Å². The molecule has 2 aliphatic rings. The van der Waals surface area contributed by atoms with Gasteiger partial charge in [-0.2, -0.15) is 0 Å². The number of hydrogen-bond acceptors (Lipinski definition) is 10. The van der Waals surface area contributed by atoms with E-state index < -0.39 is 68.5 Å². The van der Waals surface area contributed by atoms with Crippen molar-refractivity contribution in [3.8, 4) is 0 Å². The SMILES string of the molecule is CO[C@@H]1O[C@H](CO)[C@@H](O[C@@H]2C[C@@H](O)[C@H](O)[C@@H](CO)O2)[C@H](O)[C@H]1O. The predicted octanol–water partition coefficient (Wildman–Crippen LogP) is -3.71. The van der Waals surface area contributed by atoms with Gasteiger partial charge in [0.25, 0.3) is 0 Å². The zero-order valence-electron chi connectivity index (χ0n) is 12.6. The summed E-state index contributed by atoms with van der Waals surface area (Å²) in [4.78, 5) is 0. The smallest absolute Gasteiger partial charge is 0.186 e. The Hall–Kier alpha value is -0.400. The number of methoxy groups -OCH3 is 1. The largest absolute Gasteiger partial charge is 0.394 e. The fourth-order valence-corrected chi connectivity index (χ4v) is 2.74. The maximum absolute atomic E-state index is 10.1. The van der Waals surface area contributed by atoms with E-state index in [4.69, 9.17) is 24.1 Å². The van der Waals surface area contributed by atoms with Crippen LogP contribution < -0.4 is 0 Å². The summed E-state index contributed by atoms with van der Waals surface area (Å²) < 4.78 is 21.0. The molecule has 9 atom stereocenters. The first-order chi connectivity index (χ1) is 10.9. The minimum atomic E-state index is -1.42. The highest BCUT2D eigenvalue weighted by atomic mass is 16.7. The summed E-state index contributed by atoms with van der Waals surface area (Å²) in [6.45, 7) is -1.03. The predicted molar refractivity (Wildman–Crippen MR) is 72.0 cm³/mol. The monoisotopic (exact) mass is 340 g/mol. The Kier molecular flexibility index (Phi) is 6.68. The van der Waals surface area contributed by atoms with Gasteiger partial charge in [0.15, 0.2) is 12.6 Å². The van der Waals surface area contributed by atoms with Crippen molar-refractivity contribution in [1.82, 2.24) is 0 Å². The van der Waals surface area contributed by atoms with Gasteiger partial charge >= 0.3 is 0 Å². The Morgan fingerprint density at radius 3 is 2.13 bits per heavy atom. The third-order valence-corrected chi connectivity index (χ3v) is 4.08. The molecule has 0 aliphatic carbocycles. The van der Waals surface area contributed by atoms with Crippen LogP contribution in [0.3, 0.4) is 0 Å². The molecule has 2 fully saturated rings. The van der Waals surface area contributed by atoms with E-state index >= 15 is 0 Å². The topological polar surface area (TPSA) is 158 Å². The van der Waals surface area contributed by atoms with Gasteiger partial charge in [0.2, 0.25) is 0 Å². The van der Waals surface area contributed by atoms with Crippen molar-refractivity contribution in [2.24, 2.45) is 0 Å². The van der Waals surface area contributed by atoms with E-state index in [1.54, 1.807) is 0 Å². The van der Waals surface area contributed by atoms with Crippen LogP contribution in [0.1, 0.15) is 6.42 Å². The molecule has 10 heteroatoms. The molecule has 2 heterocycles. The Morgan fingerprint density at radius 2 is 1.57 bits per heavy atom. The molecule has 0 bridgehead atoms. The second-order valence-corrected chi connectivity index (χ2v) is 5.62. The normalized spacial score (nSPS) is 48.4. The molecule has 136 valence electrons. The lowest BCUT2D eigenvalue weighted by atomic mass is 9.98. The van der Waals surface area contributed by atoms with Gasteiger partial charge in [0, 0.05) is 13.5 Å². The number of aliphatic hydroxyl groups is 6. The molecule has 2 rings (SSSR count). The zero-order chi connectivity index (χ0) is 17.1. The first-order valence-corrected chi connectivity index (χ1v) is 7.36. The molecule has 2 saturated heterocycles. The average molecular weight is 340 g/mol. The van der Waals surface area contributed by atoms with Crippen LogP contribution in [-0.4, -0.2) is 106 Å². The van der Waals surface area contributed by atoms with Gasteiger partial charge in [-0.05, 0) is 0 Å². The van der Waals surface area contributed by atoms with Gasteiger partial charge in [-0.3, -0.25) is 0 Å². The first-order valence-electron chi connectivity index (χ1n) is 7.36. The van der Waals surface area contributed by atoms with Crippen LogP contribution >= 0.6 is 0 Å². The van der Waals surface area contributed by atoms with Gasteiger partial charge in [-0.15, -0.1) is 0 Å². The van der Waals surface area contributed by atoms with Gasteiger partial charge in [-0.1, -0.05) is 0 Å². The van der Waals surface area contributed by atoms with Crippen molar-refractivity contribution < 1.29 is 49.6 Å². The van der Waals surface area contributed by atoms with E-state index in [1.807, 2.05) is 0 Å². The van der Waals surface area contributed by atoms with E-state index in [1.165, 1.54) is 7.11 Å². The first kappa shape index (κ1) is 18.9. The number of ether oxygens (including phenoxy) is 4. The summed E-state index contributed by atoms with van der Waals surface area (Å²) in [5.41, 5.74) is 0. The van der Waals surface area contributed by atoms with Gasteiger partial charge in [0.1, 0.15) is 36.6 Å². The Balaban J connectivity index is 2.05. The Morgan fingerprint density at radius 1 is 0.913 bits per heavy atom. The van der Waals surface area contributed by atoms with Crippen molar-refractivity contribution in [3.63, 3.8) is 0 Å². The number of hydrogen-bond donors (Lipinski definition) is 6. The van der Waals surface area contributed by atoms with Crippen molar-refractivity contribution in [1.29, 1.82) is 0 Å². The van der Waals surface area contributed by atoms with Crippen molar-refractivity contribution in [2.75, 3.05) is 20.3 Å². The summed E-state index contributed by atoms with van der Waals surface area (Å²) in [7, 11) is 1.28. The van der Waals surface area contributed by atoms with E-state index in [0.29, 0.717) is 0 Å². The molecule has 0 saturated carbocycles. The second kappa shape index (κ2) is 8.12. The summed E-state index contributed by atoms with van der Waals surface area (Å²) >= 11 is 0. The maximum Gasteiger partial charge on any atom is 0.186 e. The average Bonchev–Trinajstić information content (AvgIpc) is 2.55. The minimum absolute atomic E-state index is 0.108. The summed E-state index contributed by atoms with van der Waals surface area (Å²) in [5, 5.41) is 58.0. The fourth-order valence-electron chi connectivity index (χ4n) is 2.74. The summed E-state index contributed by atoms with van der Waals surface area (Å²) in [6, 6.07) is 0. The Labute approximate surface area is 132 Å². The quantitative estimate of drug-likeness (QED) is 0.294. The van der Waals surface area contributed by atoms with Gasteiger partial charge < -0.3 is 49.6 Å². The van der Waals surface area contributed by atoms with Crippen LogP contribution in [0.4, 0.5) is 0 Å². The standard InChI is InChI=1S/C13H24O10/c1-20-13-11(19)10(18)12(7(4-15)22-13)23-8-2-5(16)9(17)6(3-14)21-8/h5-19H,2-4H2,1H3/t5-,6-,7-,8-,9+,10-,11-,12-,13-/m1/s1. The van der Waals surface area contributed by atoms with Crippen molar-refractivity contribution in [3.05, 3.63) is 0 Å². The molecule has 0 aromatic rings. The summed E-state index contributed by atoms with van der Waals surface area (Å²) in [5.74, 6) is 0. The highest BCUT2D eigenvalue weighted by Crippen LogP contribution is 2.28. The lowest BCUT2D eigenvalue weighted by Gasteiger charge is -2.44. The molecule has 23 heavy (non-hydrogen) atoms. The molecule has 0 amide bonds. The molecular formula is C13H24O10. The molecule has 2 aliphatic heterocycles. The number of aliphatic hydroxyl groups excluding tert-OH is 6. The second-order valence-electron chi connectivity index (χ2n) is 5.62. The molecule has 0 aromatic heterocycles. The van der Waals surface area contributed by atoms with Gasteiger partial charge in [-0.25, -0.2) is 0 Å². The Bertz CT molecular complexity index is 367. The van der Waals surface area contributed by atoms with Crippen LogP contribution in [0, 0.1) is 0 Å². The molecule has 0 radical (unpaired) electrons. The van der Waals surface area contributed by atoms with Crippen LogP contribution in [0.2, 0.25) is 0 Å². The van der Waals surface area contributed by atoms with Crippen LogP contribution in [0.15, 0.2) is 0 Å². The third-order valence-electron chi connectivity index (χ3n) is 4.08. The molecule has 0 spiro atoms. The zero-order valence-corrected chi connectivity index (χ0v) is 12.6. The highest BCUT2D eigenvalue weighted by Gasteiger charge is 2.47. The van der Waals surface area contributed by atoms with Crippen LogP contribution in [0.5, 0.6) is 0 Å². The summed E-state index contributed by atoms with van der Waals surface area (Å²) in [6.07, 6.45) is -10.7. The maximum atomic E-state index is 10.1. The highest BCUT2D eigenvalue weighted by molar-refractivity contribution is 4.91. The molecule has 6 N–H and O–H groups in total.